The molecule has 35 heavy (non-hydrogen) atoms. The Balaban J connectivity index is 1.61. The zero-order valence-corrected chi connectivity index (χ0v) is 20.7. The monoisotopic (exact) mass is 468 g/mol. The standard InChI is InChI=1S/C31H36N2O2/c1-24-11-10-16-27(21-24)23-33(30(34)20-19-25-12-4-2-5-13-25)29(22-26-14-6-3-7-15-26)31(35)32-28-17-8-9-18-28/h2-7,10-16,21,28-29H,8-9,17-20,22-23H2,1H3,(H,32,35)/t29-/m1/s1. The predicted molar refractivity (Wildman–Crippen MR) is 141 cm³/mol. The first-order valence-electron chi connectivity index (χ1n) is 12.8. The summed E-state index contributed by atoms with van der Waals surface area (Å²) < 4.78 is 0. The fourth-order valence-corrected chi connectivity index (χ4v) is 4.97. The summed E-state index contributed by atoms with van der Waals surface area (Å²) in [7, 11) is 0. The molecule has 0 aliphatic heterocycles. The van der Waals surface area contributed by atoms with E-state index in [0.29, 0.717) is 25.8 Å². The quantitative estimate of drug-likeness (QED) is 0.419. The van der Waals surface area contributed by atoms with Crippen molar-refractivity contribution in [3.05, 3.63) is 107 Å². The molecule has 1 atom stereocenters. The molecule has 0 spiro atoms. The second kappa shape index (κ2) is 12.3. The third-order valence-electron chi connectivity index (χ3n) is 6.88. The van der Waals surface area contributed by atoms with Crippen LogP contribution in [0.1, 0.15) is 54.4 Å². The second-order valence-corrected chi connectivity index (χ2v) is 9.69. The SMILES string of the molecule is Cc1cccc(CN(C(=O)CCc2ccccc2)[C@H](Cc2ccccc2)C(=O)NC2CCCC2)c1. The maximum atomic E-state index is 13.7. The van der Waals surface area contributed by atoms with Crippen LogP contribution in [0.5, 0.6) is 0 Å². The smallest absolute Gasteiger partial charge is 0.243 e. The van der Waals surface area contributed by atoms with Crippen LogP contribution in [-0.2, 0) is 29.0 Å². The maximum Gasteiger partial charge on any atom is 0.243 e. The van der Waals surface area contributed by atoms with Gasteiger partial charge in [0.25, 0.3) is 0 Å². The summed E-state index contributed by atoms with van der Waals surface area (Å²) in [5, 5.41) is 3.27. The Labute approximate surface area is 209 Å². The van der Waals surface area contributed by atoms with E-state index in [4.69, 9.17) is 0 Å². The van der Waals surface area contributed by atoms with E-state index in [1.807, 2.05) is 77.7 Å². The van der Waals surface area contributed by atoms with E-state index in [9.17, 15) is 9.59 Å². The number of aryl methyl sites for hydroxylation is 2. The van der Waals surface area contributed by atoms with Crippen LogP contribution < -0.4 is 5.32 Å². The van der Waals surface area contributed by atoms with E-state index >= 15 is 0 Å². The number of carbonyl (C=O) groups is 2. The van der Waals surface area contributed by atoms with Crippen LogP contribution >= 0.6 is 0 Å². The van der Waals surface area contributed by atoms with Gasteiger partial charge in [-0.3, -0.25) is 9.59 Å². The van der Waals surface area contributed by atoms with Gasteiger partial charge in [0, 0.05) is 25.4 Å². The van der Waals surface area contributed by atoms with Crippen molar-refractivity contribution < 1.29 is 9.59 Å². The maximum absolute atomic E-state index is 13.7. The summed E-state index contributed by atoms with van der Waals surface area (Å²) in [4.78, 5) is 29.2. The van der Waals surface area contributed by atoms with Gasteiger partial charge in [-0.05, 0) is 42.9 Å². The van der Waals surface area contributed by atoms with Crippen LogP contribution in [-0.4, -0.2) is 28.8 Å². The molecule has 0 bridgehead atoms. The van der Waals surface area contributed by atoms with Crippen molar-refractivity contribution in [2.75, 3.05) is 0 Å². The van der Waals surface area contributed by atoms with Crippen molar-refractivity contribution in [1.29, 1.82) is 0 Å². The van der Waals surface area contributed by atoms with Crippen molar-refractivity contribution in [3.8, 4) is 0 Å². The molecule has 1 fully saturated rings. The van der Waals surface area contributed by atoms with Crippen molar-refractivity contribution in [3.63, 3.8) is 0 Å². The fourth-order valence-electron chi connectivity index (χ4n) is 4.97. The summed E-state index contributed by atoms with van der Waals surface area (Å²) in [6.07, 6.45) is 5.87. The summed E-state index contributed by atoms with van der Waals surface area (Å²) >= 11 is 0. The van der Waals surface area contributed by atoms with Crippen molar-refractivity contribution >= 4 is 11.8 Å². The largest absolute Gasteiger partial charge is 0.352 e. The van der Waals surface area contributed by atoms with E-state index in [1.54, 1.807) is 0 Å². The van der Waals surface area contributed by atoms with E-state index in [2.05, 4.69) is 24.4 Å². The molecule has 0 saturated heterocycles. The molecule has 2 amide bonds. The number of hydrogen-bond donors (Lipinski definition) is 1. The Morgan fingerprint density at radius 1 is 0.857 bits per heavy atom. The topological polar surface area (TPSA) is 49.4 Å². The molecule has 1 aliphatic rings. The van der Waals surface area contributed by atoms with Gasteiger partial charge in [0.2, 0.25) is 11.8 Å². The van der Waals surface area contributed by atoms with Gasteiger partial charge in [0.05, 0.1) is 0 Å². The van der Waals surface area contributed by atoms with Crippen molar-refractivity contribution in [1.82, 2.24) is 10.2 Å². The zero-order valence-electron chi connectivity index (χ0n) is 20.7. The van der Waals surface area contributed by atoms with Gasteiger partial charge >= 0.3 is 0 Å². The minimum atomic E-state index is -0.554. The molecular formula is C31H36N2O2. The first-order valence-corrected chi connectivity index (χ1v) is 12.8. The molecule has 1 aliphatic carbocycles. The molecule has 4 nitrogen and oxygen atoms in total. The van der Waals surface area contributed by atoms with Crippen molar-refractivity contribution in [2.45, 2.75) is 70.5 Å². The van der Waals surface area contributed by atoms with Crippen molar-refractivity contribution in [2.24, 2.45) is 0 Å². The number of nitrogens with zero attached hydrogens (tertiary/aromatic N) is 1. The molecule has 3 aromatic carbocycles. The number of benzene rings is 3. The first-order chi connectivity index (χ1) is 17.1. The van der Waals surface area contributed by atoms with Gasteiger partial charge in [-0.25, -0.2) is 0 Å². The van der Waals surface area contributed by atoms with E-state index in [-0.39, 0.29) is 17.9 Å². The summed E-state index contributed by atoms with van der Waals surface area (Å²) in [5.74, 6) is -0.0284. The molecular weight excluding hydrogens is 432 g/mol. The predicted octanol–water partition coefficient (Wildman–Crippen LogP) is 5.63. The molecule has 3 aromatic rings. The molecule has 0 heterocycles. The number of rotatable bonds is 10. The highest BCUT2D eigenvalue weighted by atomic mass is 16.2. The molecule has 0 aromatic heterocycles. The Hall–Kier alpha value is -3.40. The fraction of sp³-hybridized carbons (Fsp3) is 0.355. The number of hydrogen-bond acceptors (Lipinski definition) is 2. The van der Waals surface area contributed by atoms with E-state index in [0.717, 1.165) is 47.9 Å². The lowest BCUT2D eigenvalue weighted by molar-refractivity contribution is -0.141. The zero-order chi connectivity index (χ0) is 24.5. The van der Waals surface area contributed by atoms with Crippen LogP contribution in [0.4, 0.5) is 0 Å². The van der Waals surface area contributed by atoms with Crippen LogP contribution in [0.3, 0.4) is 0 Å². The lowest BCUT2D eigenvalue weighted by Crippen LogP contribution is -2.52. The molecule has 1 N–H and O–H groups in total. The average Bonchev–Trinajstić information content (AvgIpc) is 3.39. The van der Waals surface area contributed by atoms with Gasteiger partial charge < -0.3 is 10.2 Å². The van der Waals surface area contributed by atoms with Gasteiger partial charge in [-0.1, -0.05) is 103 Å². The van der Waals surface area contributed by atoms with E-state index in [1.165, 1.54) is 0 Å². The minimum Gasteiger partial charge on any atom is -0.352 e. The second-order valence-electron chi connectivity index (χ2n) is 9.69. The van der Waals surface area contributed by atoms with Crippen LogP contribution in [0.15, 0.2) is 84.9 Å². The summed E-state index contributed by atoms with van der Waals surface area (Å²) in [6, 6.07) is 28.0. The lowest BCUT2D eigenvalue weighted by Gasteiger charge is -2.32. The summed E-state index contributed by atoms with van der Waals surface area (Å²) in [5.41, 5.74) is 4.38. The molecule has 1 saturated carbocycles. The lowest BCUT2D eigenvalue weighted by atomic mass is 10.0. The molecule has 0 radical (unpaired) electrons. The summed E-state index contributed by atoms with van der Waals surface area (Å²) in [6.45, 7) is 2.48. The van der Waals surface area contributed by atoms with Gasteiger partial charge in [0.1, 0.15) is 6.04 Å². The number of nitrogens with one attached hydrogen (secondary N) is 1. The molecule has 4 heteroatoms. The Morgan fingerprint density at radius 3 is 2.14 bits per heavy atom. The normalized spacial score (nSPS) is 14.4. The third-order valence-corrected chi connectivity index (χ3v) is 6.88. The highest BCUT2D eigenvalue weighted by Crippen LogP contribution is 2.21. The van der Waals surface area contributed by atoms with Gasteiger partial charge in [-0.2, -0.15) is 0 Å². The van der Waals surface area contributed by atoms with Crippen LogP contribution in [0, 0.1) is 6.92 Å². The number of carbonyl (C=O) groups excluding carboxylic acids is 2. The van der Waals surface area contributed by atoms with Crippen LogP contribution in [0.25, 0.3) is 0 Å². The van der Waals surface area contributed by atoms with Gasteiger partial charge in [-0.15, -0.1) is 0 Å². The molecule has 0 unspecified atom stereocenters. The number of amides is 2. The average molecular weight is 469 g/mol. The minimum absolute atomic E-state index is 0.0119. The van der Waals surface area contributed by atoms with E-state index < -0.39 is 6.04 Å². The molecule has 182 valence electrons. The Bertz CT molecular complexity index is 1090. The highest BCUT2D eigenvalue weighted by Gasteiger charge is 2.32. The van der Waals surface area contributed by atoms with Gasteiger partial charge in [0.15, 0.2) is 0 Å². The molecule has 4 rings (SSSR count). The first kappa shape index (κ1) is 24.7. The third kappa shape index (κ3) is 7.29. The Kier molecular flexibility index (Phi) is 8.72. The highest BCUT2D eigenvalue weighted by molar-refractivity contribution is 5.88. The van der Waals surface area contributed by atoms with Crippen LogP contribution in [0.2, 0.25) is 0 Å². The Morgan fingerprint density at radius 2 is 1.49 bits per heavy atom.